The number of benzene rings is 1. The summed E-state index contributed by atoms with van der Waals surface area (Å²) in [6.07, 6.45) is 10.6. The second-order valence-electron chi connectivity index (χ2n) is 8.42. The normalized spacial score (nSPS) is 21.0. The first-order valence-corrected chi connectivity index (χ1v) is 10.7. The van der Waals surface area contributed by atoms with E-state index in [1.807, 2.05) is 35.3 Å². The van der Waals surface area contributed by atoms with Gasteiger partial charge < -0.3 is 10.8 Å². The monoisotopic (exact) mass is 373 g/mol. The number of para-hydroxylation sites is 1. The molecule has 4 N–H and O–H groups in total. The molecule has 1 aromatic rings. The van der Waals surface area contributed by atoms with Gasteiger partial charge in [-0.25, -0.2) is 0 Å². The summed E-state index contributed by atoms with van der Waals surface area (Å²) >= 11 is 0. The van der Waals surface area contributed by atoms with E-state index < -0.39 is 12.1 Å². The minimum atomic E-state index is -1.17. The third-order valence-corrected chi connectivity index (χ3v) is 6.23. The summed E-state index contributed by atoms with van der Waals surface area (Å²) in [6, 6.07) is 9.38. The molecule has 0 radical (unpaired) electrons. The van der Waals surface area contributed by atoms with Crippen molar-refractivity contribution in [3.05, 3.63) is 30.3 Å². The van der Waals surface area contributed by atoms with Crippen LogP contribution >= 0.6 is 0 Å². The van der Waals surface area contributed by atoms with Gasteiger partial charge in [-0.1, -0.05) is 63.1 Å². The zero-order valence-electron chi connectivity index (χ0n) is 16.4. The van der Waals surface area contributed by atoms with Crippen LogP contribution in [0.25, 0.3) is 0 Å². The van der Waals surface area contributed by atoms with E-state index in [1.54, 1.807) is 0 Å². The molecule has 2 saturated carbocycles. The van der Waals surface area contributed by atoms with Gasteiger partial charge in [-0.05, 0) is 43.2 Å². The molecule has 2 atom stereocenters. The molecular formula is C22H35N3O2. The fraction of sp³-hybridized carbons (Fsp3) is 0.682. The summed E-state index contributed by atoms with van der Waals surface area (Å²) < 4.78 is 0. The molecule has 0 aliphatic heterocycles. The first-order chi connectivity index (χ1) is 13.1. The van der Waals surface area contributed by atoms with Crippen LogP contribution in [0.15, 0.2) is 30.3 Å². The Labute approximate surface area is 163 Å². The van der Waals surface area contributed by atoms with Crippen LogP contribution in [-0.2, 0) is 4.79 Å². The summed E-state index contributed by atoms with van der Waals surface area (Å²) in [5.74, 6) is 0.735. The Balaban J connectivity index is 1.58. The fourth-order valence-corrected chi connectivity index (χ4v) is 4.60. The number of rotatable bonds is 8. The molecule has 3 rings (SSSR count). The molecule has 0 saturated heterocycles. The van der Waals surface area contributed by atoms with Gasteiger partial charge in [0.2, 0.25) is 0 Å². The number of amides is 1. The SMILES string of the molecule is N[C@H](CC1CCCCC1)C(O)C(=O)NN(CC1CCCC1)c1ccccc1. The maximum absolute atomic E-state index is 12.7. The second-order valence-corrected chi connectivity index (χ2v) is 8.42. The van der Waals surface area contributed by atoms with Gasteiger partial charge in [-0.15, -0.1) is 0 Å². The topological polar surface area (TPSA) is 78.6 Å². The zero-order valence-corrected chi connectivity index (χ0v) is 16.4. The first-order valence-electron chi connectivity index (χ1n) is 10.7. The lowest BCUT2D eigenvalue weighted by atomic mass is 9.84. The lowest BCUT2D eigenvalue weighted by Gasteiger charge is -2.31. The fourth-order valence-electron chi connectivity index (χ4n) is 4.60. The van der Waals surface area contributed by atoms with E-state index in [2.05, 4.69) is 5.43 Å². The van der Waals surface area contributed by atoms with Gasteiger partial charge in [-0.2, -0.15) is 0 Å². The van der Waals surface area contributed by atoms with Crippen molar-refractivity contribution in [1.29, 1.82) is 0 Å². The van der Waals surface area contributed by atoms with Gasteiger partial charge in [0.15, 0.2) is 0 Å². The number of carbonyl (C=O) groups is 1. The van der Waals surface area contributed by atoms with Crippen molar-refractivity contribution in [2.75, 3.05) is 11.6 Å². The molecule has 5 heteroatoms. The summed E-state index contributed by atoms with van der Waals surface area (Å²) in [5, 5.41) is 12.4. The Morgan fingerprint density at radius 3 is 2.30 bits per heavy atom. The van der Waals surface area contributed by atoms with Crippen LogP contribution in [0, 0.1) is 11.8 Å². The van der Waals surface area contributed by atoms with Crippen LogP contribution in [0.2, 0.25) is 0 Å². The first kappa shape index (κ1) is 20.2. The quantitative estimate of drug-likeness (QED) is 0.611. The summed E-state index contributed by atoms with van der Waals surface area (Å²) in [6.45, 7) is 0.778. The highest BCUT2D eigenvalue weighted by atomic mass is 16.3. The highest BCUT2D eigenvalue weighted by Crippen LogP contribution is 2.28. The van der Waals surface area contributed by atoms with E-state index in [0.29, 0.717) is 11.8 Å². The minimum Gasteiger partial charge on any atom is -0.382 e. The lowest BCUT2D eigenvalue weighted by molar-refractivity contribution is -0.130. The van der Waals surface area contributed by atoms with Gasteiger partial charge in [0.1, 0.15) is 6.10 Å². The molecular weight excluding hydrogens is 338 g/mol. The van der Waals surface area contributed by atoms with Crippen molar-refractivity contribution in [2.45, 2.75) is 76.4 Å². The van der Waals surface area contributed by atoms with Crippen LogP contribution < -0.4 is 16.2 Å². The molecule has 5 nitrogen and oxygen atoms in total. The summed E-state index contributed by atoms with van der Waals surface area (Å²) in [7, 11) is 0. The van der Waals surface area contributed by atoms with E-state index in [9.17, 15) is 9.90 Å². The van der Waals surface area contributed by atoms with Gasteiger partial charge in [-0.3, -0.25) is 15.2 Å². The average Bonchev–Trinajstić information content (AvgIpc) is 3.21. The molecule has 150 valence electrons. The van der Waals surface area contributed by atoms with Crippen molar-refractivity contribution in [1.82, 2.24) is 5.43 Å². The number of aliphatic hydroxyl groups is 1. The molecule has 1 amide bonds. The number of hydrogen-bond donors (Lipinski definition) is 3. The number of nitrogens with zero attached hydrogens (tertiary/aromatic N) is 1. The largest absolute Gasteiger partial charge is 0.382 e. The molecule has 0 spiro atoms. The van der Waals surface area contributed by atoms with E-state index in [0.717, 1.165) is 18.7 Å². The molecule has 2 fully saturated rings. The Hall–Kier alpha value is -1.59. The Bertz CT molecular complexity index is 568. The van der Waals surface area contributed by atoms with Crippen LogP contribution in [0.1, 0.15) is 64.2 Å². The summed E-state index contributed by atoms with van der Waals surface area (Å²) in [5.41, 5.74) is 10.1. The molecule has 1 aromatic carbocycles. The molecule has 27 heavy (non-hydrogen) atoms. The van der Waals surface area contributed by atoms with Crippen molar-refractivity contribution >= 4 is 11.6 Å². The van der Waals surface area contributed by atoms with Crippen molar-refractivity contribution in [2.24, 2.45) is 17.6 Å². The highest BCUT2D eigenvalue weighted by molar-refractivity contribution is 5.82. The molecule has 0 bridgehead atoms. The number of nitrogens with two attached hydrogens (primary N) is 1. The standard InChI is InChI=1S/C22H35N3O2/c23-20(15-17-9-3-1-4-10-17)21(26)22(27)24-25(16-18-11-7-8-12-18)19-13-5-2-6-14-19/h2,5-6,13-14,17-18,20-21,26H,1,3-4,7-12,15-16,23H2,(H,24,27)/t20-,21?/m1/s1. The molecule has 1 unspecified atom stereocenters. The molecule has 2 aliphatic rings. The number of nitrogens with one attached hydrogen (secondary N) is 1. The Morgan fingerprint density at radius 1 is 1.04 bits per heavy atom. The predicted octanol–water partition coefficient (Wildman–Crippen LogP) is 3.37. The molecule has 0 heterocycles. The Morgan fingerprint density at radius 2 is 1.63 bits per heavy atom. The molecule has 0 aromatic heterocycles. The van der Waals surface area contributed by atoms with Gasteiger partial charge in [0, 0.05) is 12.6 Å². The minimum absolute atomic E-state index is 0.389. The number of anilines is 1. The van der Waals surface area contributed by atoms with E-state index in [1.165, 1.54) is 57.8 Å². The van der Waals surface area contributed by atoms with Crippen molar-refractivity contribution in [3.8, 4) is 0 Å². The average molecular weight is 374 g/mol. The van der Waals surface area contributed by atoms with E-state index in [4.69, 9.17) is 5.73 Å². The zero-order chi connectivity index (χ0) is 19.1. The van der Waals surface area contributed by atoms with Gasteiger partial charge in [0.05, 0.1) is 5.69 Å². The number of aliphatic hydroxyl groups excluding tert-OH is 1. The van der Waals surface area contributed by atoms with Crippen molar-refractivity contribution in [3.63, 3.8) is 0 Å². The molecule has 2 aliphatic carbocycles. The number of hydrazine groups is 1. The summed E-state index contributed by atoms with van der Waals surface area (Å²) in [4.78, 5) is 12.7. The number of hydrogen-bond acceptors (Lipinski definition) is 4. The highest BCUT2D eigenvalue weighted by Gasteiger charge is 2.28. The second kappa shape index (κ2) is 10.1. The van der Waals surface area contributed by atoms with Gasteiger partial charge in [0.25, 0.3) is 5.91 Å². The van der Waals surface area contributed by atoms with Crippen LogP contribution in [-0.4, -0.2) is 29.7 Å². The maximum Gasteiger partial charge on any atom is 0.268 e. The smallest absolute Gasteiger partial charge is 0.268 e. The lowest BCUT2D eigenvalue weighted by Crippen LogP contribution is -2.53. The third-order valence-electron chi connectivity index (χ3n) is 6.23. The van der Waals surface area contributed by atoms with E-state index in [-0.39, 0.29) is 5.91 Å². The predicted molar refractivity (Wildman–Crippen MR) is 109 cm³/mol. The van der Waals surface area contributed by atoms with Gasteiger partial charge >= 0.3 is 0 Å². The maximum atomic E-state index is 12.7. The third kappa shape index (κ3) is 5.94. The van der Waals surface area contributed by atoms with Crippen LogP contribution in [0.5, 0.6) is 0 Å². The van der Waals surface area contributed by atoms with E-state index >= 15 is 0 Å². The Kier molecular flexibility index (Phi) is 7.53. The van der Waals surface area contributed by atoms with Crippen molar-refractivity contribution < 1.29 is 9.90 Å². The van der Waals surface area contributed by atoms with Crippen LogP contribution in [0.3, 0.4) is 0 Å². The van der Waals surface area contributed by atoms with Crippen LogP contribution in [0.4, 0.5) is 5.69 Å². The number of carbonyl (C=O) groups excluding carboxylic acids is 1.